The van der Waals surface area contributed by atoms with Crippen LogP contribution in [0.5, 0.6) is 6.01 Å². The van der Waals surface area contributed by atoms with E-state index < -0.39 is 0 Å². The molecule has 1 aliphatic heterocycles. The number of benzene rings is 2. The Morgan fingerprint density at radius 3 is 2.23 bits per heavy atom. The van der Waals surface area contributed by atoms with Crippen LogP contribution in [0.1, 0.15) is 36.3 Å². The second-order valence-corrected chi connectivity index (χ2v) is 8.40. The normalized spacial score (nSPS) is 16.5. The monoisotopic (exact) mass is 465 g/mol. The van der Waals surface area contributed by atoms with Crippen LogP contribution in [0.15, 0.2) is 77.5 Å². The van der Waals surface area contributed by atoms with Crippen LogP contribution in [0.4, 0.5) is 0 Å². The van der Waals surface area contributed by atoms with Crippen LogP contribution in [0.25, 0.3) is 0 Å². The van der Waals surface area contributed by atoms with Gasteiger partial charge >= 0.3 is 6.01 Å². The first-order valence-electron chi connectivity index (χ1n) is 10.2. The molecule has 0 spiro atoms. The summed E-state index contributed by atoms with van der Waals surface area (Å²) in [7, 11) is 0. The van der Waals surface area contributed by atoms with Crippen LogP contribution in [-0.4, -0.2) is 40.0 Å². The van der Waals surface area contributed by atoms with E-state index in [1.165, 1.54) is 0 Å². The number of hydrogen-bond donors (Lipinski definition) is 0. The molecule has 0 radical (unpaired) electrons. The van der Waals surface area contributed by atoms with E-state index in [9.17, 15) is 4.79 Å². The summed E-state index contributed by atoms with van der Waals surface area (Å²) in [5, 5.41) is 0. The Morgan fingerprint density at radius 1 is 1.03 bits per heavy atom. The van der Waals surface area contributed by atoms with Crippen LogP contribution in [-0.2, 0) is 4.79 Å². The summed E-state index contributed by atoms with van der Waals surface area (Å²) in [6, 6.07) is 20.8. The number of piperidine rings is 1. The molecule has 1 amide bonds. The van der Waals surface area contributed by atoms with Gasteiger partial charge < -0.3 is 9.64 Å². The van der Waals surface area contributed by atoms with E-state index in [4.69, 9.17) is 4.74 Å². The van der Waals surface area contributed by atoms with Crippen molar-refractivity contribution in [3.8, 4) is 6.01 Å². The van der Waals surface area contributed by atoms with Crippen LogP contribution in [0.3, 0.4) is 0 Å². The summed E-state index contributed by atoms with van der Waals surface area (Å²) < 4.78 is 6.74. The third-order valence-electron chi connectivity index (χ3n) is 5.38. The predicted molar refractivity (Wildman–Crippen MR) is 119 cm³/mol. The number of aromatic nitrogens is 2. The molecule has 3 aromatic rings. The molecule has 154 valence electrons. The SMILES string of the molecule is O=C(CC(c1ccccc1)c1ccccc1)N1CCCC(Oc2ncc(Br)cn2)C1. The van der Waals surface area contributed by atoms with Gasteiger partial charge in [0, 0.05) is 31.3 Å². The lowest BCUT2D eigenvalue weighted by atomic mass is 9.88. The van der Waals surface area contributed by atoms with Gasteiger partial charge in [-0.15, -0.1) is 0 Å². The average Bonchev–Trinajstić information content (AvgIpc) is 2.80. The molecule has 0 aliphatic carbocycles. The predicted octanol–water partition coefficient (Wildman–Crippen LogP) is 4.83. The Hall–Kier alpha value is -2.73. The van der Waals surface area contributed by atoms with Gasteiger partial charge in [0.1, 0.15) is 6.10 Å². The van der Waals surface area contributed by atoms with E-state index in [-0.39, 0.29) is 17.9 Å². The minimum atomic E-state index is -0.0872. The molecule has 1 atom stereocenters. The summed E-state index contributed by atoms with van der Waals surface area (Å²) in [6.07, 6.45) is 5.49. The molecule has 1 aliphatic rings. The van der Waals surface area contributed by atoms with E-state index >= 15 is 0 Å². The highest BCUT2D eigenvalue weighted by atomic mass is 79.9. The number of halogens is 1. The zero-order chi connectivity index (χ0) is 20.8. The standard InChI is InChI=1S/C24H24BrN3O2/c25-20-15-26-24(27-16-20)30-21-12-7-13-28(17-21)23(29)14-22(18-8-3-1-4-9-18)19-10-5-2-6-11-19/h1-6,8-11,15-16,21-22H,7,12-14,17H2. The molecular formula is C24H24BrN3O2. The minimum absolute atomic E-state index is 0.0380. The van der Waals surface area contributed by atoms with Gasteiger partial charge in [0.15, 0.2) is 0 Å². The Balaban J connectivity index is 1.45. The molecule has 6 heteroatoms. The molecule has 1 aromatic heterocycles. The van der Waals surface area contributed by atoms with Gasteiger partial charge in [0.25, 0.3) is 0 Å². The lowest BCUT2D eigenvalue weighted by Gasteiger charge is -2.33. The van der Waals surface area contributed by atoms with Gasteiger partial charge in [-0.2, -0.15) is 0 Å². The van der Waals surface area contributed by atoms with Crippen molar-refractivity contribution in [3.63, 3.8) is 0 Å². The molecule has 5 nitrogen and oxygen atoms in total. The maximum Gasteiger partial charge on any atom is 0.316 e. The van der Waals surface area contributed by atoms with Crippen LogP contribution in [0, 0.1) is 0 Å². The van der Waals surface area contributed by atoms with Crippen molar-refractivity contribution in [1.82, 2.24) is 14.9 Å². The molecule has 1 fully saturated rings. The van der Waals surface area contributed by atoms with E-state index in [1.54, 1.807) is 12.4 Å². The van der Waals surface area contributed by atoms with Crippen molar-refractivity contribution in [3.05, 3.63) is 88.7 Å². The molecule has 0 N–H and O–H groups in total. The van der Waals surface area contributed by atoms with E-state index in [2.05, 4.69) is 50.2 Å². The molecular weight excluding hydrogens is 442 g/mol. The molecule has 1 unspecified atom stereocenters. The molecule has 2 heterocycles. The largest absolute Gasteiger partial charge is 0.458 e. The van der Waals surface area contributed by atoms with Crippen LogP contribution < -0.4 is 4.74 Å². The minimum Gasteiger partial charge on any atom is -0.458 e. The van der Waals surface area contributed by atoms with Crippen molar-refractivity contribution in [2.24, 2.45) is 0 Å². The topological polar surface area (TPSA) is 55.3 Å². The Bertz CT molecular complexity index is 912. The first kappa shape index (κ1) is 20.5. The summed E-state index contributed by atoms with van der Waals surface area (Å²) in [4.78, 5) is 23.5. The lowest BCUT2D eigenvalue weighted by Crippen LogP contribution is -2.44. The Labute approximate surface area is 185 Å². The van der Waals surface area contributed by atoms with E-state index in [0.717, 1.165) is 35.0 Å². The quantitative estimate of drug-likeness (QED) is 0.522. The van der Waals surface area contributed by atoms with E-state index in [1.807, 2.05) is 41.3 Å². The fourth-order valence-electron chi connectivity index (χ4n) is 3.87. The summed E-state index contributed by atoms with van der Waals surface area (Å²) in [6.45, 7) is 1.32. The fraction of sp³-hybridized carbons (Fsp3) is 0.292. The third kappa shape index (κ3) is 5.25. The number of nitrogens with zero attached hydrogens (tertiary/aromatic N) is 3. The highest BCUT2D eigenvalue weighted by molar-refractivity contribution is 9.10. The Morgan fingerprint density at radius 2 is 1.63 bits per heavy atom. The van der Waals surface area contributed by atoms with Gasteiger partial charge in [0.2, 0.25) is 5.91 Å². The number of amides is 1. The molecule has 4 rings (SSSR count). The third-order valence-corrected chi connectivity index (χ3v) is 5.79. The van der Waals surface area contributed by atoms with Gasteiger partial charge in [-0.1, -0.05) is 60.7 Å². The van der Waals surface area contributed by atoms with Crippen molar-refractivity contribution < 1.29 is 9.53 Å². The number of carbonyl (C=O) groups is 1. The molecule has 0 saturated carbocycles. The highest BCUT2D eigenvalue weighted by Crippen LogP contribution is 2.29. The second kappa shape index (κ2) is 9.85. The van der Waals surface area contributed by atoms with Crippen LogP contribution in [0.2, 0.25) is 0 Å². The lowest BCUT2D eigenvalue weighted by molar-refractivity contribution is -0.134. The summed E-state index contributed by atoms with van der Waals surface area (Å²) in [5.41, 5.74) is 2.32. The van der Waals surface area contributed by atoms with E-state index in [0.29, 0.717) is 19.0 Å². The zero-order valence-electron chi connectivity index (χ0n) is 16.7. The number of carbonyl (C=O) groups excluding carboxylic acids is 1. The van der Waals surface area contributed by atoms with Gasteiger partial charge in [0.05, 0.1) is 11.0 Å². The number of likely N-dealkylation sites (tertiary alicyclic amines) is 1. The molecule has 1 saturated heterocycles. The average molecular weight is 466 g/mol. The highest BCUT2D eigenvalue weighted by Gasteiger charge is 2.28. The molecule has 2 aromatic carbocycles. The van der Waals surface area contributed by atoms with Crippen LogP contribution >= 0.6 is 15.9 Å². The maximum atomic E-state index is 13.2. The number of hydrogen-bond acceptors (Lipinski definition) is 4. The molecule has 30 heavy (non-hydrogen) atoms. The van der Waals surface area contributed by atoms with Crippen molar-refractivity contribution in [2.75, 3.05) is 13.1 Å². The van der Waals surface area contributed by atoms with Crippen molar-refractivity contribution in [2.45, 2.75) is 31.3 Å². The van der Waals surface area contributed by atoms with Gasteiger partial charge in [-0.3, -0.25) is 4.79 Å². The fourth-order valence-corrected chi connectivity index (χ4v) is 4.08. The molecule has 0 bridgehead atoms. The second-order valence-electron chi connectivity index (χ2n) is 7.48. The first-order valence-corrected chi connectivity index (χ1v) is 11.0. The van der Waals surface area contributed by atoms with Gasteiger partial charge in [-0.25, -0.2) is 9.97 Å². The number of rotatable bonds is 6. The summed E-state index contributed by atoms with van der Waals surface area (Å²) in [5.74, 6) is 0.189. The first-order chi connectivity index (χ1) is 14.7. The van der Waals surface area contributed by atoms with Crippen molar-refractivity contribution in [1.29, 1.82) is 0 Å². The van der Waals surface area contributed by atoms with Gasteiger partial charge in [-0.05, 0) is 39.9 Å². The smallest absolute Gasteiger partial charge is 0.316 e. The van der Waals surface area contributed by atoms with Crippen molar-refractivity contribution >= 4 is 21.8 Å². The Kier molecular flexibility index (Phi) is 6.74. The summed E-state index contributed by atoms with van der Waals surface area (Å²) >= 11 is 3.33. The number of ether oxygens (including phenoxy) is 1. The zero-order valence-corrected chi connectivity index (χ0v) is 18.2. The maximum absolute atomic E-state index is 13.2.